The van der Waals surface area contributed by atoms with Crippen molar-refractivity contribution in [2.24, 2.45) is 5.73 Å². The van der Waals surface area contributed by atoms with Crippen molar-refractivity contribution in [1.82, 2.24) is 9.97 Å². The summed E-state index contributed by atoms with van der Waals surface area (Å²) in [6.45, 7) is 1.93. The van der Waals surface area contributed by atoms with Gasteiger partial charge < -0.3 is 10.5 Å². The van der Waals surface area contributed by atoms with Gasteiger partial charge in [0.2, 0.25) is 0 Å². The molecule has 88 valence electrons. The van der Waals surface area contributed by atoms with Crippen LogP contribution >= 0.6 is 0 Å². The normalized spacial score (nSPS) is 14.1. The zero-order valence-corrected chi connectivity index (χ0v) is 9.92. The molecule has 0 amide bonds. The van der Waals surface area contributed by atoms with Crippen LogP contribution < -0.4 is 10.5 Å². The Kier molecular flexibility index (Phi) is 3.06. The van der Waals surface area contributed by atoms with E-state index in [0.29, 0.717) is 0 Å². The summed E-state index contributed by atoms with van der Waals surface area (Å²) in [4.78, 5) is 7.99. The molecule has 1 atom stereocenters. The molecule has 0 aliphatic heterocycles. The molecule has 0 saturated heterocycles. The number of methoxy groups -OCH3 is 1. The highest BCUT2D eigenvalue weighted by atomic mass is 16.5. The van der Waals surface area contributed by atoms with E-state index in [2.05, 4.69) is 9.97 Å². The van der Waals surface area contributed by atoms with E-state index in [0.717, 1.165) is 16.9 Å². The average molecular weight is 229 g/mol. The summed E-state index contributed by atoms with van der Waals surface area (Å²) < 4.78 is 5.20. The molecule has 1 unspecified atom stereocenters. The maximum absolute atomic E-state index is 6.35. The van der Waals surface area contributed by atoms with Crippen molar-refractivity contribution in [3.63, 3.8) is 0 Å². The average Bonchev–Trinajstić information content (AvgIpc) is 2.40. The van der Waals surface area contributed by atoms with Crippen LogP contribution in [0.25, 0.3) is 0 Å². The molecule has 0 radical (unpaired) electrons. The number of ether oxygens (including phenoxy) is 1. The molecular weight excluding hydrogens is 214 g/mol. The summed E-state index contributed by atoms with van der Waals surface area (Å²) >= 11 is 0. The molecule has 0 spiro atoms. The third-order valence-electron chi connectivity index (χ3n) is 2.83. The third kappa shape index (κ3) is 2.26. The van der Waals surface area contributed by atoms with Gasteiger partial charge in [0.15, 0.2) is 0 Å². The van der Waals surface area contributed by atoms with E-state index in [1.807, 2.05) is 31.2 Å². The van der Waals surface area contributed by atoms with Gasteiger partial charge in [0.1, 0.15) is 12.1 Å². The molecule has 2 N–H and O–H groups in total. The van der Waals surface area contributed by atoms with Crippen LogP contribution in [-0.4, -0.2) is 17.1 Å². The minimum atomic E-state index is -0.629. The second-order valence-corrected chi connectivity index (χ2v) is 4.06. The van der Waals surface area contributed by atoms with Gasteiger partial charge >= 0.3 is 0 Å². The van der Waals surface area contributed by atoms with E-state index < -0.39 is 5.54 Å². The van der Waals surface area contributed by atoms with Crippen molar-refractivity contribution in [1.29, 1.82) is 0 Å². The van der Waals surface area contributed by atoms with Crippen molar-refractivity contribution < 1.29 is 4.74 Å². The van der Waals surface area contributed by atoms with Crippen LogP contribution in [0.3, 0.4) is 0 Å². The van der Waals surface area contributed by atoms with E-state index in [1.165, 1.54) is 6.33 Å². The predicted molar refractivity (Wildman–Crippen MR) is 65.7 cm³/mol. The van der Waals surface area contributed by atoms with Crippen LogP contribution in [0.1, 0.15) is 18.1 Å². The highest BCUT2D eigenvalue weighted by molar-refractivity contribution is 5.39. The van der Waals surface area contributed by atoms with Crippen molar-refractivity contribution in [2.45, 2.75) is 12.5 Å². The van der Waals surface area contributed by atoms with Gasteiger partial charge in [-0.25, -0.2) is 9.97 Å². The largest absolute Gasteiger partial charge is 0.497 e. The van der Waals surface area contributed by atoms with Gasteiger partial charge in [-0.05, 0) is 24.6 Å². The first-order valence-electron chi connectivity index (χ1n) is 5.33. The Morgan fingerprint density at radius 1 is 1.18 bits per heavy atom. The van der Waals surface area contributed by atoms with Gasteiger partial charge in [-0.2, -0.15) is 0 Å². The molecule has 0 aliphatic rings. The number of aromatic nitrogens is 2. The molecular formula is C13H15N3O. The van der Waals surface area contributed by atoms with Crippen molar-refractivity contribution in [3.05, 3.63) is 54.1 Å². The lowest BCUT2D eigenvalue weighted by Crippen LogP contribution is -2.34. The molecule has 1 heterocycles. The van der Waals surface area contributed by atoms with Crippen LogP contribution in [0.2, 0.25) is 0 Å². The van der Waals surface area contributed by atoms with Crippen LogP contribution in [0.15, 0.2) is 43.0 Å². The first-order valence-corrected chi connectivity index (χ1v) is 5.33. The minimum Gasteiger partial charge on any atom is -0.497 e. The van der Waals surface area contributed by atoms with Gasteiger partial charge in [0.25, 0.3) is 0 Å². The lowest BCUT2D eigenvalue weighted by Gasteiger charge is -2.25. The molecule has 0 saturated carbocycles. The zero-order chi connectivity index (χ0) is 12.3. The number of nitrogens with zero attached hydrogens (tertiary/aromatic N) is 2. The molecule has 4 nitrogen and oxygen atoms in total. The molecule has 0 bridgehead atoms. The molecule has 1 aromatic carbocycles. The number of nitrogens with two attached hydrogens (primary N) is 1. The number of hydrogen-bond donors (Lipinski definition) is 1. The first-order chi connectivity index (χ1) is 8.14. The lowest BCUT2D eigenvalue weighted by atomic mass is 9.87. The highest BCUT2D eigenvalue weighted by Crippen LogP contribution is 2.27. The maximum atomic E-state index is 6.35. The molecule has 2 aromatic rings. The maximum Gasteiger partial charge on any atom is 0.119 e. The fourth-order valence-electron chi connectivity index (χ4n) is 1.68. The SMILES string of the molecule is COc1cccc(C(C)(N)c2cncnc2)c1. The number of benzene rings is 1. The van der Waals surface area contributed by atoms with Crippen LogP contribution in [0.4, 0.5) is 0 Å². The van der Waals surface area contributed by atoms with E-state index in [1.54, 1.807) is 19.5 Å². The van der Waals surface area contributed by atoms with E-state index in [9.17, 15) is 0 Å². The van der Waals surface area contributed by atoms with E-state index >= 15 is 0 Å². The lowest BCUT2D eigenvalue weighted by molar-refractivity contribution is 0.413. The van der Waals surface area contributed by atoms with Gasteiger partial charge in [-0.15, -0.1) is 0 Å². The number of hydrogen-bond acceptors (Lipinski definition) is 4. The Morgan fingerprint density at radius 2 is 1.88 bits per heavy atom. The second-order valence-electron chi connectivity index (χ2n) is 4.06. The van der Waals surface area contributed by atoms with Crippen LogP contribution in [0.5, 0.6) is 5.75 Å². The Labute approximate surface area is 100 Å². The Bertz CT molecular complexity index is 497. The van der Waals surface area contributed by atoms with Crippen LogP contribution in [0, 0.1) is 0 Å². The smallest absolute Gasteiger partial charge is 0.119 e. The monoisotopic (exact) mass is 229 g/mol. The summed E-state index contributed by atoms with van der Waals surface area (Å²) in [5.74, 6) is 0.788. The van der Waals surface area contributed by atoms with E-state index in [4.69, 9.17) is 10.5 Å². The second kappa shape index (κ2) is 4.51. The van der Waals surface area contributed by atoms with Crippen molar-refractivity contribution >= 4 is 0 Å². The molecule has 17 heavy (non-hydrogen) atoms. The summed E-state index contributed by atoms with van der Waals surface area (Å²) in [7, 11) is 1.64. The Balaban J connectivity index is 2.44. The zero-order valence-electron chi connectivity index (χ0n) is 9.92. The van der Waals surface area contributed by atoms with Crippen molar-refractivity contribution in [3.8, 4) is 5.75 Å². The number of rotatable bonds is 3. The van der Waals surface area contributed by atoms with Crippen LogP contribution in [-0.2, 0) is 5.54 Å². The minimum absolute atomic E-state index is 0.629. The Morgan fingerprint density at radius 3 is 2.53 bits per heavy atom. The fourth-order valence-corrected chi connectivity index (χ4v) is 1.68. The van der Waals surface area contributed by atoms with Gasteiger partial charge in [-0.1, -0.05) is 12.1 Å². The molecule has 2 rings (SSSR count). The quantitative estimate of drug-likeness (QED) is 0.870. The van der Waals surface area contributed by atoms with Gasteiger partial charge in [-0.3, -0.25) is 0 Å². The van der Waals surface area contributed by atoms with Gasteiger partial charge in [0.05, 0.1) is 12.6 Å². The Hall–Kier alpha value is -1.94. The summed E-state index contributed by atoms with van der Waals surface area (Å²) in [6, 6.07) is 7.70. The first kappa shape index (κ1) is 11.5. The molecule has 4 heteroatoms. The molecule has 0 fully saturated rings. The summed E-state index contributed by atoms with van der Waals surface area (Å²) in [6.07, 6.45) is 4.95. The van der Waals surface area contributed by atoms with Gasteiger partial charge in [0, 0.05) is 18.0 Å². The van der Waals surface area contributed by atoms with E-state index in [-0.39, 0.29) is 0 Å². The van der Waals surface area contributed by atoms with Crippen molar-refractivity contribution in [2.75, 3.05) is 7.11 Å². The summed E-state index contributed by atoms with van der Waals surface area (Å²) in [5.41, 5.74) is 7.55. The topological polar surface area (TPSA) is 61.0 Å². The third-order valence-corrected chi connectivity index (χ3v) is 2.83. The summed E-state index contributed by atoms with van der Waals surface area (Å²) in [5, 5.41) is 0. The molecule has 0 aliphatic carbocycles. The standard InChI is InChI=1S/C13H15N3O/c1-13(14,11-7-15-9-16-8-11)10-4-3-5-12(6-10)17-2/h3-9H,14H2,1-2H3. The predicted octanol–water partition coefficient (Wildman–Crippen LogP) is 1.71. The highest BCUT2D eigenvalue weighted by Gasteiger charge is 2.24. The fraction of sp³-hybridized carbons (Fsp3) is 0.231. The molecule has 1 aromatic heterocycles.